The Labute approximate surface area is 313 Å². The van der Waals surface area contributed by atoms with Crippen molar-refractivity contribution in [2.75, 3.05) is 0 Å². The highest BCUT2D eigenvalue weighted by Crippen LogP contribution is 2.47. The number of aromatic nitrogens is 4. The Balaban J connectivity index is 1.15. The number of benzene rings is 9. The first-order valence-electron chi connectivity index (χ1n) is 18.2. The minimum absolute atomic E-state index is 0.648. The van der Waals surface area contributed by atoms with E-state index in [2.05, 4.69) is 156 Å². The van der Waals surface area contributed by atoms with Crippen molar-refractivity contribution in [3.8, 4) is 39.9 Å². The predicted octanol–water partition coefficient (Wildman–Crippen LogP) is 13.2. The summed E-state index contributed by atoms with van der Waals surface area (Å²) >= 11 is 1.89. The summed E-state index contributed by atoms with van der Waals surface area (Å²) in [4.78, 5) is 15.5. The van der Waals surface area contributed by atoms with E-state index < -0.39 is 0 Å². The molecule has 0 aliphatic heterocycles. The molecular weight excluding hydrogens is 677 g/mol. The van der Waals surface area contributed by atoms with Crippen molar-refractivity contribution < 1.29 is 0 Å². The van der Waals surface area contributed by atoms with Crippen molar-refractivity contribution in [3.05, 3.63) is 170 Å². The fourth-order valence-corrected chi connectivity index (χ4v) is 9.83. The fourth-order valence-electron chi connectivity index (χ4n) is 8.65. The quantitative estimate of drug-likeness (QED) is 0.183. The van der Waals surface area contributed by atoms with Gasteiger partial charge in [-0.1, -0.05) is 133 Å². The SMILES string of the molecule is c1ccc(-c2nc(-c3cccc4ccccc34)nc(-c3ccc(-n4c5ccc6cccc7sc8cccc9ccc4c(c98)c5c67)c4ccccc34)n2)cc1. The zero-order chi connectivity index (χ0) is 35.3. The van der Waals surface area contributed by atoms with Crippen LogP contribution in [-0.2, 0) is 0 Å². The van der Waals surface area contributed by atoms with Gasteiger partial charge in [0, 0.05) is 53.0 Å². The summed E-state index contributed by atoms with van der Waals surface area (Å²) in [6, 6.07) is 60.7. The maximum absolute atomic E-state index is 5.24. The third kappa shape index (κ3) is 4.21. The lowest BCUT2D eigenvalue weighted by Crippen LogP contribution is -2.02. The third-order valence-corrected chi connectivity index (χ3v) is 12.1. The van der Waals surface area contributed by atoms with Gasteiger partial charge in [0.1, 0.15) is 0 Å². The summed E-state index contributed by atoms with van der Waals surface area (Å²) in [5, 5.41) is 12.3. The largest absolute Gasteiger partial charge is 0.309 e. The highest BCUT2D eigenvalue weighted by molar-refractivity contribution is 7.24. The second-order valence-corrected chi connectivity index (χ2v) is 15.0. The maximum Gasteiger partial charge on any atom is 0.164 e. The van der Waals surface area contributed by atoms with Gasteiger partial charge in [-0.25, -0.2) is 15.0 Å². The van der Waals surface area contributed by atoms with Gasteiger partial charge in [-0.3, -0.25) is 0 Å². The van der Waals surface area contributed by atoms with Crippen LogP contribution >= 0.6 is 11.3 Å². The van der Waals surface area contributed by atoms with E-state index in [1.165, 1.54) is 52.8 Å². The summed E-state index contributed by atoms with van der Waals surface area (Å²) in [7, 11) is 0. The number of rotatable bonds is 4. The van der Waals surface area contributed by atoms with E-state index in [9.17, 15) is 0 Å². The molecule has 0 saturated heterocycles. The smallest absolute Gasteiger partial charge is 0.164 e. The van der Waals surface area contributed by atoms with Crippen molar-refractivity contribution in [3.63, 3.8) is 0 Å². The molecule has 0 fully saturated rings. The lowest BCUT2D eigenvalue weighted by molar-refractivity contribution is 1.08. The van der Waals surface area contributed by atoms with Gasteiger partial charge in [0.2, 0.25) is 0 Å². The second kappa shape index (κ2) is 11.3. The van der Waals surface area contributed by atoms with Crippen molar-refractivity contribution >= 4 is 85.6 Å². The summed E-state index contributed by atoms with van der Waals surface area (Å²) in [5.41, 5.74) is 6.44. The van der Waals surface area contributed by atoms with Crippen LogP contribution in [0.3, 0.4) is 0 Å². The Bertz CT molecular complexity index is 3340. The molecule has 0 spiro atoms. The molecule has 3 aromatic heterocycles. The molecular formula is C49H28N4S. The predicted molar refractivity (Wildman–Crippen MR) is 227 cm³/mol. The number of nitrogens with zero attached hydrogens (tertiary/aromatic N) is 4. The molecule has 0 bridgehead atoms. The molecule has 0 amide bonds. The molecule has 0 saturated carbocycles. The Hall–Kier alpha value is -6.95. The van der Waals surface area contributed by atoms with E-state index in [0.29, 0.717) is 17.5 Å². The molecule has 0 unspecified atom stereocenters. The normalized spacial score (nSPS) is 12.1. The lowest BCUT2D eigenvalue weighted by Gasteiger charge is -2.16. The van der Waals surface area contributed by atoms with Crippen LogP contribution in [0.15, 0.2) is 170 Å². The topological polar surface area (TPSA) is 43.6 Å². The van der Waals surface area contributed by atoms with Gasteiger partial charge in [-0.15, -0.1) is 11.3 Å². The molecule has 0 N–H and O–H groups in total. The Morgan fingerprint density at radius 3 is 1.59 bits per heavy atom. The summed E-state index contributed by atoms with van der Waals surface area (Å²) in [6.45, 7) is 0. The number of hydrogen-bond acceptors (Lipinski definition) is 4. The van der Waals surface area contributed by atoms with Crippen LogP contribution in [-0.4, -0.2) is 19.5 Å². The number of fused-ring (bicyclic) bond motifs is 2. The van der Waals surface area contributed by atoms with E-state index in [-0.39, 0.29) is 0 Å². The van der Waals surface area contributed by atoms with Gasteiger partial charge in [0.05, 0.1) is 16.7 Å². The zero-order valence-electron chi connectivity index (χ0n) is 28.9. The van der Waals surface area contributed by atoms with Crippen LogP contribution in [0.25, 0.3) is 114 Å². The van der Waals surface area contributed by atoms with Crippen molar-refractivity contribution in [2.24, 2.45) is 0 Å². The maximum atomic E-state index is 5.24. The van der Waals surface area contributed by atoms with Gasteiger partial charge in [0.25, 0.3) is 0 Å². The number of hydrogen-bond donors (Lipinski definition) is 0. The average Bonchev–Trinajstić information content (AvgIpc) is 3.49. The van der Waals surface area contributed by atoms with Gasteiger partial charge in [0.15, 0.2) is 17.5 Å². The highest BCUT2D eigenvalue weighted by atomic mass is 32.1. The Kier molecular flexibility index (Phi) is 6.18. The van der Waals surface area contributed by atoms with Crippen LogP contribution in [0.5, 0.6) is 0 Å². The summed E-state index contributed by atoms with van der Waals surface area (Å²) in [5.74, 6) is 1.95. The van der Waals surface area contributed by atoms with Gasteiger partial charge in [-0.05, 0) is 63.3 Å². The van der Waals surface area contributed by atoms with Crippen LogP contribution in [0.1, 0.15) is 0 Å². The van der Waals surface area contributed by atoms with Crippen LogP contribution in [0.4, 0.5) is 0 Å². The van der Waals surface area contributed by atoms with Gasteiger partial charge >= 0.3 is 0 Å². The second-order valence-electron chi connectivity index (χ2n) is 13.9. The van der Waals surface area contributed by atoms with Crippen LogP contribution < -0.4 is 0 Å². The summed E-state index contributed by atoms with van der Waals surface area (Å²) < 4.78 is 5.07. The molecule has 54 heavy (non-hydrogen) atoms. The molecule has 12 aromatic rings. The lowest BCUT2D eigenvalue weighted by atomic mass is 10.00. The molecule has 0 aliphatic carbocycles. The molecule has 5 heteroatoms. The molecule has 250 valence electrons. The minimum atomic E-state index is 0.648. The molecule has 12 rings (SSSR count). The zero-order valence-corrected chi connectivity index (χ0v) is 29.7. The van der Waals surface area contributed by atoms with Crippen molar-refractivity contribution in [1.29, 1.82) is 0 Å². The fraction of sp³-hybridized carbons (Fsp3) is 0. The first kappa shape index (κ1) is 29.6. The third-order valence-electron chi connectivity index (χ3n) is 11.0. The molecule has 3 heterocycles. The molecule has 0 aliphatic rings. The van der Waals surface area contributed by atoms with Crippen LogP contribution in [0, 0.1) is 0 Å². The minimum Gasteiger partial charge on any atom is -0.309 e. The summed E-state index contributed by atoms with van der Waals surface area (Å²) in [6.07, 6.45) is 0. The van der Waals surface area contributed by atoms with E-state index in [1.54, 1.807) is 0 Å². The van der Waals surface area contributed by atoms with E-state index in [4.69, 9.17) is 15.0 Å². The highest BCUT2D eigenvalue weighted by Gasteiger charge is 2.23. The van der Waals surface area contributed by atoms with E-state index >= 15 is 0 Å². The molecule has 0 atom stereocenters. The standard InChI is InChI=1S/C49H28N4S/c1-2-12-32(13-3-1)47-50-48(36-20-8-14-29-11-4-5-17-33(29)36)52-49(51-47)37-25-28-38(35-19-7-6-18-34(35)37)53-39-26-23-30-15-9-21-41-43(30)45(39)46-40(53)27-24-31-16-10-22-42(54-41)44(31)46/h1-28H. The van der Waals surface area contributed by atoms with Gasteiger partial charge in [-0.2, -0.15) is 0 Å². The first-order valence-corrected chi connectivity index (χ1v) is 19.0. The van der Waals surface area contributed by atoms with E-state index in [1.807, 2.05) is 29.5 Å². The Morgan fingerprint density at radius 2 is 0.889 bits per heavy atom. The molecule has 4 nitrogen and oxygen atoms in total. The van der Waals surface area contributed by atoms with E-state index in [0.717, 1.165) is 43.9 Å². The Morgan fingerprint density at radius 1 is 0.352 bits per heavy atom. The molecule has 0 radical (unpaired) electrons. The first-order chi connectivity index (χ1) is 26.8. The monoisotopic (exact) mass is 704 g/mol. The van der Waals surface area contributed by atoms with Crippen LogP contribution in [0.2, 0.25) is 0 Å². The van der Waals surface area contributed by atoms with Crippen molar-refractivity contribution in [1.82, 2.24) is 19.5 Å². The van der Waals surface area contributed by atoms with Gasteiger partial charge < -0.3 is 4.57 Å². The van der Waals surface area contributed by atoms with Crippen molar-refractivity contribution in [2.45, 2.75) is 0 Å². The average molecular weight is 705 g/mol. The molecule has 9 aromatic carbocycles.